The molecule has 0 fully saturated rings. The zero-order chi connectivity index (χ0) is 23.0. The number of benzene rings is 4. The molecule has 0 amide bonds. The topological polar surface area (TPSA) is 0 Å². The lowest BCUT2D eigenvalue weighted by Gasteiger charge is -2.34. The van der Waals surface area contributed by atoms with Crippen molar-refractivity contribution in [3.05, 3.63) is 128 Å². The molecule has 33 heavy (non-hydrogen) atoms. The largest absolute Gasteiger partial charge is 0.0840 e. The third-order valence-electron chi connectivity index (χ3n) is 6.95. The van der Waals surface area contributed by atoms with E-state index in [1.54, 1.807) is 0 Å². The van der Waals surface area contributed by atoms with Crippen molar-refractivity contribution in [1.29, 1.82) is 0 Å². The van der Waals surface area contributed by atoms with Crippen LogP contribution in [0.15, 0.2) is 84.9 Å². The van der Waals surface area contributed by atoms with Gasteiger partial charge in [-0.05, 0) is 69.5 Å². The summed E-state index contributed by atoms with van der Waals surface area (Å²) in [6.07, 6.45) is 4.05. The molecular formula is C31H28Cl2. The highest BCUT2D eigenvalue weighted by molar-refractivity contribution is 6.31. The highest BCUT2D eigenvalue weighted by atomic mass is 35.5. The first-order valence-electron chi connectivity index (χ1n) is 11.9. The summed E-state index contributed by atoms with van der Waals surface area (Å²) < 4.78 is 0. The average Bonchev–Trinajstić information content (AvgIpc) is 3.14. The van der Waals surface area contributed by atoms with Crippen LogP contribution in [0.3, 0.4) is 0 Å². The highest BCUT2D eigenvalue weighted by Gasteiger charge is 2.46. The van der Waals surface area contributed by atoms with Gasteiger partial charge in [0, 0.05) is 10.0 Å². The molecule has 0 aromatic heterocycles. The number of halogens is 2. The molecule has 0 unspecified atom stereocenters. The molecule has 5 rings (SSSR count). The second-order valence-corrected chi connectivity index (χ2v) is 9.77. The Labute approximate surface area is 207 Å². The molecule has 4 aromatic carbocycles. The van der Waals surface area contributed by atoms with Crippen LogP contribution in [0.25, 0.3) is 11.1 Å². The Morgan fingerprint density at radius 3 is 1.42 bits per heavy atom. The molecule has 2 heteroatoms. The van der Waals surface area contributed by atoms with Crippen molar-refractivity contribution in [2.45, 2.75) is 44.9 Å². The van der Waals surface area contributed by atoms with Crippen molar-refractivity contribution in [2.75, 3.05) is 0 Å². The molecular weight excluding hydrogens is 443 g/mol. The van der Waals surface area contributed by atoms with E-state index in [2.05, 4.69) is 98.8 Å². The second kappa shape index (κ2) is 9.01. The van der Waals surface area contributed by atoms with Gasteiger partial charge in [0.2, 0.25) is 0 Å². The smallest absolute Gasteiger partial charge is 0.0713 e. The van der Waals surface area contributed by atoms with Gasteiger partial charge < -0.3 is 0 Å². The van der Waals surface area contributed by atoms with Crippen LogP contribution in [0.2, 0.25) is 10.0 Å². The molecule has 0 heterocycles. The molecule has 0 nitrogen and oxygen atoms in total. The van der Waals surface area contributed by atoms with Crippen LogP contribution in [0.4, 0.5) is 0 Å². The second-order valence-electron chi connectivity index (χ2n) is 8.95. The Hall–Kier alpha value is -2.54. The molecule has 166 valence electrons. The van der Waals surface area contributed by atoms with Crippen molar-refractivity contribution in [1.82, 2.24) is 0 Å². The first-order valence-corrected chi connectivity index (χ1v) is 12.6. The molecule has 0 saturated carbocycles. The van der Waals surface area contributed by atoms with E-state index in [-0.39, 0.29) is 0 Å². The average molecular weight is 471 g/mol. The number of fused-ring (bicyclic) bond motifs is 3. The summed E-state index contributed by atoms with van der Waals surface area (Å²) in [5, 5.41) is 1.69. The van der Waals surface area contributed by atoms with Crippen LogP contribution in [0, 0.1) is 0 Å². The standard InChI is InChI=1S/C31H28Cl2/c1-3-9-21-19-23(15-17-29(21)32)31(24-16-18-30(33)22(20-24)10-4-2)27-13-7-5-11-25(27)26-12-6-8-14-28(26)31/h5-8,11-20H,3-4,9-10H2,1-2H3. The van der Waals surface area contributed by atoms with Crippen molar-refractivity contribution in [3.63, 3.8) is 0 Å². The van der Waals surface area contributed by atoms with Gasteiger partial charge in [-0.2, -0.15) is 0 Å². The van der Waals surface area contributed by atoms with Gasteiger partial charge in [-0.1, -0.05) is 123 Å². The van der Waals surface area contributed by atoms with Gasteiger partial charge in [-0.25, -0.2) is 0 Å². The predicted molar refractivity (Wildman–Crippen MR) is 142 cm³/mol. The van der Waals surface area contributed by atoms with Gasteiger partial charge in [0.15, 0.2) is 0 Å². The molecule has 0 spiro atoms. The lowest BCUT2D eigenvalue weighted by Crippen LogP contribution is -2.29. The molecule has 0 N–H and O–H groups in total. The fourth-order valence-electron chi connectivity index (χ4n) is 5.56. The van der Waals surface area contributed by atoms with E-state index in [1.807, 2.05) is 0 Å². The van der Waals surface area contributed by atoms with Crippen LogP contribution in [0.5, 0.6) is 0 Å². The van der Waals surface area contributed by atoms with Gasteiger partial charge in [-0.15, -0.1) is 0 Å². The lowest BCUT2D eigenvalue weighted by molar-refractivity contribution is 0.760. The summed E-state index contributed by atoms with van der Waals surface area (Å²) in [4.78, 5) is 0. The zero-order valence-electron chi connectivity index (χ0n) is 19.2. The first-order chi connectivity index (χ1) is 16.1. The molecule has 0 aliphatic heterocycles. The lowest BCUT2D eigenvalue weighted by atomic mass is 9.67. The molecule has 0 radical (unpaired) electrons. The normalized spacial score (nSPS) is 13.6. The van der Waals surface area contributed by atoms with E-state index in [0.29, 0.717) is 0 Å². The third-order valence-corrected chi connectivity index (χ3v) is 7.69. The molecule has 1 aliphatic carbocycles. The maximum absolute atomic E-state index is 6.64. The van der Waals surface area contributed by atoms with E-state index >= 15 is 0 Å². The predicted octanol–water partition coefficient (Wildman–Crippen LogP) is 9.26. The summed E-state index contributed by atoms with van der Waals surface area (Å²) >= 11 is 13.3. The minimum Gasteiger partial charge on any atom is -0.0840 e. The fraction of sp³-hybridized carbons (Fsp3) is 0.226. The van der Waals surface area contributed by atoms with Crippen LogP contribution < -0.4 is 0 Å². The van der Waals surface area contributed by atoms with Gasteiger partial charge in [0.25, 0.3) is 0 Å². The van der Waals surface area contributed by atoms with Crippen molar-refractivity contribution < 1.29 is 0 Å². The third kappa shape index (κ3) is 3.52. The molecule has 1 aliphatic rings. The van der Waals surface area contributed by atoms with Gasteiger partial charge in [-0.3, -0.25) is 0 Å². The van der Waals surface area contributed by atoms with Crippen molar-refractivity contribution in [3.8, 4) is 11.1 Å². The summed E-state index contributed by atoms with van der Waals surface area (Å²) in [6.45, 7) is 4.41. The Bertz CT molecular complexity index is 1220. The first kappa shape index (κ1) is 22.3. The molecule has 4 aromatic rings. The van der Waals surface area contributed by atoms with E-state index in [0.717, 1.165) is 35.7 Å². The van der Waals surface area contributed by atoms with Gasteiger partial charge in [0.05, 0.1) is 5.41 Å². The number of hydrogen-bond donors (Lipinski definition) is 0. The van der Waals surface area contributed by atoms with Gasteiger partial charge >= 0.3 is 0 Å². The van der Waals surface area contributed by atoms with Crippen LogP contribution >= 0.6 is 23.2 Å². The summed E-state index contributed by atoms with van der Waals surface area (Å²) in [5.74, 6) is 0. The number of rotatable bonds is 6. The molecule has 0 atom stereocenters. The maximum atomic E-state index is 6.64. The number of hydrogen-bond acceptors (Lipinski definition) is 0. The Balaban J connectivity index is 1.90. The minimum absolute atomic E-state index is 0.409. The van der Waals surface area contributed by atoms with Crippen LogP contribution in [-0.4, -0.2) is 0 Å². The number of aryl methyl sites for hydroxylation is 2. The summed E-state index contributed by atoms with van der Waals surface area (Å²) in [7, 11) is 0. The van der Waals surface area contributed by atoms with Crippen molar-refractivity contribution in [2.24, 2.45) is 0 Å². The maximum Gasteiger partial charge on any atom is 0.0713 e. The van der Waals surface area contributed by atoms with E-state index < -0.39 is 5.41 Å². The molecule has 0 bridgehead atoms. The monoisotopic (exact) mass is 470 g/mol. The minimum atomic E-state index is -0.409. The SMILES string of the molecule is CCCc1cc(C2(c3ccc(Cl)c(CCC)c3)c3ccccc3-c3ccccc32)ccc1Cl. The Morgan fingerprint density at radius 1 is 0.576 bits per heavy atom. The van der Waals surface area contributed by atoms with E-state index in [4.69, 9.17) is 23.2 Å². The zero-order valence-corrected chi connectivity index (χ0v) is 20.7. The van der Waals surface area contributed by atoms with Crippen LogP contribution in [0.1, 0.15) is 60.1 Å². The van der Waals surface area contributed by atoms with Crippen molar-refractivity contribution >= 4 is 23.2 Å². The van der Waals surface area contributed by atoms with Crippen LogP contribution in [-0.2, 0) is 18.3 Å². The highest BCUT2D eigenvalue weighted by Crippen LogP contribution is 2.56. The fourth-order valence-corrected chi connectivity index (χ4v) is 5.99. The van der Waals surface area contributed by atoms with E-state index in [9.17, 15) is 0 Å². The molecule has 0 saturated heterocycles. The van der Waals surface area contributed by atoms with Gasteiger partial charge in [0.1, 0.15) is 0 Å². The summed E-state index contributed by atoms with van der Waals surface area (Å²) in [5.41, 5.74) is 9.77. The van der Waals surface area contributed by atoms with E-state index in [1.165, 1.54) is 44.5 Å². The summed E-state index contributed by atoms with van der Waals surface area (Å²) in [6, 6.07) is 30.9. The Kier molecular flexibility index (Phi) is 6.08. The quantitative estimate of drug-likeness (QED) is 0.231. The Morgan fingerprint density at radius 2 is 1.00 bits per heavy atom.